The number of rotatable bonds is 5. The first-order valence-electron chi connectivity index (χ1n) is 10.4. The van der Waals surface area contributed by atoms with E-state index in [-0.39, 0.29) is 28.7 Å². The average molecular weight is 463 g/mol. The summed E-state index contributed by atoms with van der Waals surface area (Å²) in [5.41, 5.74) is 1.58. The fourth-order valence-electron chi connectivity index (χ4n) is 4.02. The molecule has 8 heteroatoms. The smallest absolute Gasteiger partial charge is 0.238 e. The zero-order chi connectivity index (χ0) is 22.1. The van der Waals surface area contributed by atoms with Crippen molar-refractivity contribution in [2.45, 2.75) is 34.8 Å². The van der Waals surface area contributed by atoms with E-state index >= 15 is 0 Å². The Labute approximate surface area is 195 Å². The second-order valence-electron chi connectivity index (χ2n) is 7.43. The third kappa shape index (κ3) is 3.73. The van der Waals surface area contributed by atoms with E-state index in [1.807, 2.05) is 58.9 Å². The first-order chi connectivity index (χ1) is 15.7. The van der Waals surface area contributed by atoms with E-state index < -0.39 is 0 Å². The van der Waals surface area contributed by atoms with Crippen molar-refractivity contribution in [1.29, 1.82) is 0 Å². The Kier molecular flexibility index (Phi) is 5.80. The minimum atomic E-state index is -0.00567. The highest BCUT2D eigenvalue weighted by atomic mass is 32.2. The molecule has 1 N–H and O–H groups in total. The van der Waals surface area contributed by atoms with Gasteiger partial charge in [-0.3, -0.25) is 4.79 Å². The molecular weight excluding hydrogens is 440 g/mol. The molecule has 0 saturated carbocycles. The number of para-hydroxylation sites is 2. The Balaban J connectivity index is 1.40. The van der Waals surface area contributed by atoms with Crippen molar-refractivity contribution >= 4 is 35.1 Å². The van der Waals surface area contributed by atoms with Crippen LogP contribution in [0.5, 0.6) is 5.75 Å². The molecule has 6 nitrogen and oxygen atoms in total. The Bertz CT molecular complexity index is 1220. The van der Waals surface area contributed by atoms with Crippen LogP contribution in [-0.2, 0) is 11.3 Å². The standard InChI is InChI=1S/C24H22N4O2S2/c1-2-27-23(16-9-3-6-12-19(16)29)25-26-24(27)31-15-22(30)28-17-10-4-7-13-20(17)32-21-14-8-5-11-18(21)28/h3-14,17,20,29H,2,15H2,1H3/t17-,20+/m1/s1. The summed E-state index contributed by atoms with van der Waals surface area (Å²) in [5, 5.41) is 19.7. The molecule has 0 radical (unpaired) electrons. The molecule has 2 aromatic carbocycles. The average Bonchev–Trinajstić information content (AvgIpc) is 3.24. The Morgan fingerprint density at radius 1 is 1.09 bits per heavy atom. The van der Waals surface area contributed by atoms with Crippen LogP contribution in [0.3, 0.4) is 0 Å². The van der Waals surface area contributed by atoms with Crippen molar-refractivity contribution in [2.24, 2.45) is 0 Å². The summed E-state index contributed by atoms with van der Waals surface area (Å²) in [6, 6.07) is 15.1. The predicted molar refractivity (Wildman–Crippen MR) is 129 cm³/mol. The molecule has 2 heterocycles. The third-order valence-electron chi connectivity index (χ3n) is 5.51. The van der Waals surface area contributed by atoms with Gasteiger partial charge in [-0.1, -0.05) is 60.3 Å². The van der Waals surface area contributed by atoms with Crippen LogP contribution in [0.15, 0.2) is 82.9 Å². The zero-order valence-corrected chi connectivity index (χ0v) is 19.1. The number of carbonyl (C=O) groups excluding carboxylic acids is 1. The van der Waals surface area contributed by atoms with E-state index in [1.54, 1.807) is 23.9 Å². The maximum atomic E-state index is 13.5. The van der Waals surface area contributed by atoms with Gasteiger partial charge < -0.3 is 14.6 Å². The summed E-state index contributed by atoms with van der Waals surface area (Å²) in [6.45, 7) is 2.63. The minimum absolute atomic E-state index is 0.00567. The molecule has 1 amide bonds. The van der Waals surface area contributed by atoms with Gasteiger partial charge in [0.25, 0.3) is 0 Å². The van der Waals surface area contributed by atoms with E-state index in [0.29, 0.717) is 23.1 Å². The highest BCUT2D eigenvalue weighted by molar-refractivity contribution is 8.00. The van der Waals surface area contributed by atoms with Crippen molar-refractivity contribution in [3.63, 3.8) is 0 Å². The van der Waals surface area contributed by atoms with E-state index in [0.717, 1.165) is 10.6 Å². The second kappa shape index (κ2) is 8.88. The number of allylic oxidation sites excluding steroid dienone is 2. The number of aromatic nitrogens is 3. The van der Waals surface area contributed by atoms with Crippen LogP contribution < -0.4 is 4.90 Å². The number of phenols is 1. The van der Waals surface area contributed by atoms with Crippen molar-refractivity contribution in [1.82, 2.24) is 14.8 Å². The molecule has 32 heavy (non-hydrogen) atoms. The van der Waals surface area contributed by atoms with Gasteiger partial charge in [0, 0.05) is 11.4 Å². The van der Waals surface area contributed by atoms with Crippen LogP contribution in [0.2, 0.25) is 0 Å². The highest BCUT2D eigenvalue weighted by Gasteiger charge is 2.36. The lowest BCUT2D eigenvalue weighted by atomic mass is 10.0. The predicted octanol–water partition coefficient (Wildman–Crippen LogP) is 4.76. The van der Waals surface area contributed by atoms with Gasteiger partial charge in [-0.25, -0.2) is 0 Å². The first kappa shape index (κ1) is 20.9. The number of anilines is 1. The van der Waals surface area contributed by atoms with Gasteiger partial charge in [0.2, 0.25) is 5.91 Å². The maximum absolute atomic E-state index is 13.5. The molecule has 2 aliphatic rings. The first-order valence-corrected chi connectivity index (χ1v) is 12.3. The van der Waals surface area contributed by atoms with Crippen LogP contribution >= 0.6 is 23.5 Å². The molecule has 1 aromatic heterocycles. The molecule has 1 aliphatic carbocycles. The second-order valence-corrected chi connectivity index (χ2v) is 9.59. The molecule has 0 saturated heterocycles. The van der Waals surface area contributed by atoms with Gasteiger partial charge in [-0.2, -0.15) is 0 Å². The SMILES string of the molecule is CCn1c(SCC(=O)N2c3ccccc3S[C@H]3C=CC=C[C@H]32)nnc1-c1ccccc1O. The molecule has 162 valence electrons. The van der Waals surface area contributed by atoms with Crippen molar-refractivity contribution in [3.8, 4) is 17.1 Å². The van der Waals surface area contributed by atoms with Gasteiger partial charge in [0.15, 0.2) is 11.0 Å². The Morgan fingerprint density at radius 3 is 2.72 bits per heavy atom. The molecule has 2 atom stereocenters. The number of benzene rings is 2. The summed E-state index contributed by atoms with van der Waals surface area (Å²) in [6.07, 6.45) is 8.31. The van der Waals surface area contributed by atoms with Gasteiger partial charge >= 0.3 is 0 Å². The number of nitrogens with zero attached hydrogens (tertiary/aromatic N) is 4. The van der Waals surface area contributed by atoms with Crippen molar-refractivity contribution < 1.29 is 9.90 Å². The van der Waals surface area contributed by atoms with Gasteiger partial charge in [0.05, 0.1) is 28.3 Å². The number of hydrogen-bond donors (Lipinski definition) is 1. The number of aromatic hydroxyl groups is 1. The van der Waals surface area contributed by atoms with Crippen LogP contribution in [0.1, 0.15) is 6.92 Å². The summed E-state index contributed by atoms with van der Waals surface area (Å²) >= 11 is 3.17. The van der Waals surface area contributed by atoms with Gasteiger partial charge in [0.1, 0.15) is 5.75 Å². The van der Waals surface area contributed by atoms with Crippen molar-refractivity contribution in [3.05, 3.63) is 72.8 Å². The van der Waals surface area contributed by atoms with Gasteiger partial charge in [-0.05, 0) is 31.2 Å². The normalized spacial score (nSPS) is 19.0. The number of fused-ring (bicyclic) bond motifs is 2. The summed E-state index contributed by atoms with van der Waals surface area (Å²) in [4.78, 5) is 16.5. The number of thioether (sulfide) groups is 2. The molecule has 0 unspecified atom stereocenters. The fraction of sp³-hybridized carbons (Fsp3) is 0.208. The van der Waals surface area contributed by atoms with E-state index in [9.17, 15) is 9.90 Å². The van der Waals surface area contributed by atoms with E-state index in [4.69, 9.17) is 0 Å². The van der Waals surface area contributed by atoms with Crippen LogP contribution in [0, 0.1) is 0 Å². The summed E-state index contributed by atoms with van der Waals surface area (Å²) in [7, 11) is 0. The van der Waals surface area contributed by atoms with Crippen LogP contribution in [0.4, 0.5) is 5.69 Å². The Morgan fingerprint density at radius 2 is 1.88 bits per heavy atom. The quantitative estimate of drug-likeness (QED) is 0.551. The molecule has 0 spiro atoms. The third-order valence-corrected chi connectivity index (χ3v) is 7.77. The zero-order valence-electron chi connectivity index (χ0n) is 17.5. The molecular formula is C24H22N4O2S2. The Hall–Kier alpha value is -2.97. The lowest BCUT2D eigenvalue weighted by Crippen LogP contribution is -2.48. The molecule has 0 fully saturated rings. The fourth-order valence-corrected chi connectivity index (χ4v) is 6.14. The number of hydrogen-bond acceptors (Lipinski definition) is 6. The molecule has 3 aromatic rings. The summed E-state index contributed by atoms with van der Waals surface area (Å²) in [5.74, 6) is 1.04. The minimum Gasteiger partial charge on any atom is -0.507 e. The van der Waals surface area contributed by atoms with E-state index in [1.165, 1.54) is 11.8 Å². The monoisotopic (exact) mass is 462 g/mol. The van der Waals surface area contributed by atoms with Crippen LogP contribution in [-0.4, -0.2) is 42.8 Å². The maximum Gasteiger partial charge on any atom is 0.238 e. The molecule has 1 aliphatic heterocycles. The van der Waals surface area contributed by atoms with Crippen molar-refractivity contribution in [2.75, 3.05) is 10.7 Å². The number of carbonyl (C=O) groups is 1. The highest BCUT2D eigenvalue weighted by Crippen LogP contribution is 2.43. The summed E-state index contributed by atoms with van der Waals surface area (Å²) < 4.78 is 1.93. The topological polar surface area (TPSA) is 71.2 Å². The molecule has 0 bridgehead atoms. The lowest BCUT2D eigenvalue weighted by molar-refractivity contribution is -0.116. The van der Waals surface area contributed by atoms with E-state index in [2.05, 4.69) is 28.4 Å². The molecule has 5 rings (SSSR count). The number of amides is 1. The van der Waals surface area contributed by atoms with Crippen LogP contribution in [0.25, 0.3) is 11.4 Å². The lowest BCUT2D eigenvalue weighted by Gasteiger charge is -2.40. The largest absolute Gasteiger partial charge is 0.507 e. The number of phenolic OH excluding ortho intramolecular Hbond substituents is 1. The van der Waals surface area contributed by atoms with Gasteiger partial charge in [-0.15, -0.1) is 22.0 Å².